The van der Waals surface area contributed by atoms with E-state index in [4.69, 9.17) is 0 Å². The zero-order valence-corrected chi connectivity index (χ0v) is 12.5. The van der Waals surface area contributed by atoms with Crippen molar-refractivity contribution in [2.45, 2.75) is 70.5 Å². The first-order chi connectivity index (χ1) is 7.85. The van der Waals surface area contributed by atoms with Crippen molar-refractivity contribution in [2.75, 3.05) is 0 Å². The summed E-state index contributed by atoms with van der Waals surface area (Å²) in [6, 6.07) is 0. The van der Waals surface area contributed by atoms with Gasteiger partial charge in [-0.3, -0.25) is 0 Å². The average molecular weight is 289 g/mol. The molecule has 0 saturated heterocycles. The van der Waals surface area contributed by atoms with Crippen LogP contribution in [0.4, 0.5) is 0 Å². The Labute approximate surface area is 107 Å². The predicted molar refractivity (Wildman–Crippen MR) is 73.0 cm³/mol. The fraction of sp³-hybridized carbons (Fsp3) is 0.786. The van der Waals surface area contributed by atoms with Crippen LogP contribution in [0.25, 0.3) is 0 Å². The molecule has 0 unspecified atom stereocenters. The molecule has 2 heteroatoms. The number of aldehydes is 1. The summed E-state index contributed by atoms with van der Waals surface area (Å²) >= 11 is 0.377. The minimum absolute atomic E-state index is 0.377. The molecule has 0 fully saturated rings. The molecule has 0 aromatic rings. The standard InChI is InChI=1S/C14H26OSe/c1-3-4-5-6-7-8-9-10-11-12-14(13-15)16-2/h12-13H,3-11H2,1-2H3/b14-12-. The van der Waals surface area contributed by atoms with E-state index in [9.17, 15) is 4.79 Å². The number of carbonyl (C=O) groups excluding carboxylic acids is 1. The van der Waals surface area contributed by atoms with Crippen molar-refractivity contribution >= 4 is 21.2 Å². The summed E-state index contributed by atoms with van der Waals surface area (Å²) in [6.45, 7) is 2.26. The normalized spacial score (nSPS) is 11.8. The Balaban J connectivity index is 3.20. The van der Waals surface area contributed by atoms with Gasteiger partial charge < -0.3 is 0 Å². The maximum absolute atomic E-state index is 10.6. The van der Waals surface area contributed by atoms with Crippen LogP contribution in [-0.4, -0.2) is 21.2 Å². The summed E-state index contributed by atoms with van der Waals surface area (Å²) in [5, 5.41) is 0. The van der Waals surface area contributed by atoms with Gasteiger partial charge in [0.2, 0.25) is 0 Å². The molecule has 0 aliphatic rings. The van der Waals surface area contributed by atoms with Gasteiger partial charge in [0, 0.05) is 0 Å². The Bertz CT molecular complexity index is 187. The number of hydrogen-bond acceptors (Lipinski definition) is 1. The average Bonchev–Trinajstić information content (AvgIpc) is 2.32. The summed E-state index contributed by atoms with van der Waals surface area (Å²) in [5.74, 6) is 2.10. The van der Waals surface area contributed by atoms with Crippen LogP contribution in [0, 0.1) is 0 Å². The van der Waals surface area contributed by atoms with Gasteiger partial charge in [-0.05, 0) is 0 Å². The van der Waals surface area contributed by atoms with Crippen LogP contribution >= 0.6 is 0 Å². The van der Waals surface area contributed by atoms with Gasteiger partial charge >= 0.3 is 107 Å². The minimum atomic E-state index is 0.377. The van der Waals surface area contributed by atoms with Crippen molar-refractivity contribution < 1.29 is 4.79 Å². The molecule has 0 aliphatic carbocycles. The second kappa shape index (κ2) is 13.0. The quantitative estimate of drug-likeness (QED) is 0.239. The zero-order chi connectivity index (χ0) is 12.1. The molecule has 16 heavy (non-hydrogen) atoms. The van der Waals surface area contributed by atoms with Crippen LogP contribution in [0.5, 0.6) is 0 Å². The van der Waals surface area contributed by atoms with Crippen molar-refractivity contribution in [3.05, 3.63) is 10.5 Å². The number of unbranched alkanes of at least 4 members (excludes halogenated alkanes) is 8. The Morgan fingerprint density at radius 1 is 1.00 bits per heavy atom. The SMILES string of the molecule is CCCCCCCCCC/C=C(/C=O)[Se]C. The van der Waals surface area contributed by atoms with Gasteiger partial charge in [0.25, 0.3) is 0 Å². The van der Waals surface area contributed by atoms with E-state index >= 15 is 0 Å². The first-order valence-electron chi connectivity index (χ1n) is 6.54. The third-order valence-corrected chi connectivity index (χ3v) is 4.30. The van der Waals surface area contributed by atoms with E-state index in [0.717, 1.165) is 17.2 Å². The van der Waals surface area contributed by atoms with Crippen LogP contribution in [0.1, 0.15) is 64.7 Å². The molecule has 0 radical (unpaired) electrons. The Morgan fingerprint density at radius 2 is 1.56 bits per heavy atom. The molecular formula is C14H26OSe. The van der Waals surface area contributed by atoms with Crippen molar-refractivity contribution in [3.63, 3.8) is 0 Å². The fourth-order valence-electron chi connectivity index (χ4n) is 1.70. The van der Waals surface area contributed by atoms with Crippen molar-refractivity contribution in [1.29, 1.82) is 0 Å². The molecule has 0 saturated carbocycles. The van der Waals surface area contributed by atoms with E-state index in [0.29, 0.717) is 15.0 Å². The van der Waals surface area contributed by atoms with Gasteiger partial charge in [0.05, 0.1) is 0 Å². The predicted octanol–water partition coefficient (Wildman–Crippen LogP) is 4.35. The fourth-order valence-corrected chi connectivity index (χ4v) is 2.50. The van der Waals surface area contributed by atoms with Gasteiger partial charge in [-0.25, -0.2) is 0 Å². The van der Waals surface area contributed by atoms with Gasteiger partial charge in [-0.15, -0.1) is 0 Å². The zero-order valence-electron chi connectivity index (χ0n) is 10.8. The number of hydrogen-bond donors (Lipinski definition) is 0. The van der Waals surface area contributed by atoms with Crippen LogP contribution < -0.4 is 0 Å². The Hall–Kier alpha value is -0.0705. The number of rotatable bonds is 11. The molecule has 0 aliphatic heterocycles. The molecule has 0 aromatic carbocycles. The molecule has 0 spiro atoms. The summed E-state index contributed by atoms with van der Waals surface area (Å²) in [4.78, 5) is 10.6. The molecule has 0 rings (SSSR count). The summed E-state index contributed by atoms with van der Waals surface area (Å²) in [5.41, 5.74) is 0. The van der Waals surface area contributed by atoms with E-state index in [1.54, 1.807) is 0 Å². The molecule has 0 amide bonds. The monoisotopic (exact) mass is 290 g/mol. The van der Waals surface area contributed by atoms with Crippen LogP contribution in [0.15, 0.2) is 10.5 Å². The third-order valence-electron chi connectivity index (χ3n) is 2.76. The molecule has 0 atom stereocenters. The van der Waals surface area contributed by atoms with E-state index < -0.39 is 0 Å². The van der Waals surface area contributed by atoms with Crippen LogP contribution in [0.2, 0.25) is 5.82 Å². The topological polar surface area (TPSA) is 17.1 Å². The first kappa shape index (κ1) is 15.9. The second-order valence-electron chi connectivity index (χ2n) is 4.19. The number of carbonyl (C=O) groups is 1. The molecule has 0 aromatic heterocycles. The summed E-state index contributed by atoms with van der Waals surface area (Å²) < 4.78 is 1.02. The van der Waals surface area contributed by atoms with Crippen molar-refractivity contribution in [2.24, 2.45) is 0 Å². The second-order valence-corrected chi connectivity index (χ2v) is 6.04. The summed E-state index contributed by atoms with van der Waals surface area (Å²) in [7, 11) is 0. The molecular weight excluding hydrogens is 263 g/mol. The van der Waals surface area contributed by atoms with Gasteiger partial charge in [0.1, 0.15) is 0 Å². The molecule has 94 valence electrons. The Kier molecular flexibility index (Phi) is 12.9. The van der Waals surface area contributed by atoms with E-state index in [2.05, 4.69) is 18.8 Å². The maximum atomic E-state index is 10.6. The van der Waals surface area contributed by atoms with Crippen molar-refractivity contribution in [3.8, 4) is 0 Å². The molecule has 1 nitrogen and oxygen atoms in total. The van der Waals surface area contributed by atoms with E-state index in [1.807, 2.05) is 0 Å². The molecule has 0 bridgehead atoms. The Morgan fingerprint density at radius 3 is 2.06 bits per heavy atom. The van der Waals surface area contributed by atoms with E-state index in [-0.39, 0.29) is 0 Å². The van der Waals surface area contributed by atoms with Gasteiger partial charge in [-0.1, -0.05) is 0 Å². The van der Waals surface area contributed by atoms with Crippen LogP contribution in [0.3, 0.4) is 0 Å². The van der Waals surface area contributed by atoms with Gasteiger partial charge in [0.15, 0.2) is 0 Å². The van der Waals surface area contributed by atoms with Crippen LogP contribution in [-0.2, 0) is 4.79 Å². The summed E-state index contributed by atoms with van der Waals surface area (Å²) in [6.07, 6.45) is 15.1. The molecule has 0 N–H and O–H groups in total. The number of allylic oxidation sites excluding steroid dienone is 2. The molecule has 0 heterocycles. The third kappa shape index (κ3) is 10.4. The van der Waals surface area contributed by atoms with Gasteiger partial charge in [-0.2, -0.15) is 0 Å². The van der Waals surface area contributed by atoms with Crippen molar-refractivity contribution in [1.82, 2.24) is 0 Å². The van der Waals surface area contributed by atoms with E-state index in [1.165, 1.54) is 51.4 Å². The first-order valence-corrected chi connectivity index (χ1v) is 9.11.